The van der Waals surface area contributed by atoms with Crippen molar-refractivity contribution >= 4 is 18.3 Å². The number of carbonyl (C=O) groups excluding carboxylic acids is 1. The van der Waals surface area contributed by atoms with Crippen molar-refractivity contribution in [3.8, 4) is 0 Å². The third-order valence-electron chi connectivity index (χ3n) is 2.40. The zero-order valence-electron chi connectivity index (χ0n) is 10.0. The SMILES string of the molecule is COCCCN(C)C(=O)C(C)C(C)N.Cl. The Balaban J connectivity index is 0. The molecular weight excluding hydrogens is 216 g/mol. The van der Waals surface area contributed by atoms with Crippen LogP contribution >= 0.6 is 12.4 Å². The maximum absolute atomic E-state index is 11.7. The molecular formula is C10H23ClN2O2. The Bertz CT molecular complexity index is 177. The molecule has 5 heteroatoms. The van der Waals surface area contributed by atoms with E-state index in [1.165, 1.54) is 0 Å². The number of amides is 1. The summed E-state index contributed by atoms with van der Waals surface area (Å²) in [6.45, 7) is 5.12. The van der Waals surface area contributed by atoms with Crippen LogP contribution in [-0.4, -0.2) is 44.2 Å². The molecule has 0 rings (SSSR count). The number of methoxy groups -OCH3 is 1. The highest BCUT2D eigenvalue weighted by atomic mass is 35.5. The monoisotopic (exact) mass is 238 g/mol. The van der Waals surface area contributed by atoms with Gasteiger partial charge in [-0.25, -0.2) is 0 Å². The van der Waals surface area contributed by atoms with Gasteiger partial charge in [-0.05, 0) is 13.3 Å². The molecule has 0 aliphatic heterocycles. The van der Waals surface area contributed by atoms with Crippen LogP contribution in [0.3, 0.4) is 0 Å². The van der Waals surface area contributed by atoms with Gasteiger partial charge in [0.05, 0.1) is 5.92 Å². The quantitative estimate of drug-likeness (QED) is 0.700. The van der Waals surface area contributed by atoms with Gasteiger partial charge in [0.1, 0.15) is 0 Å². The highest BCUT2D eigenvalue weighted by Gasteiger charge is 2.20. The van der Waals surface area contributed by atoms with Crippen molar-refractivity contribution in [2.24, 2.45) is 11.7 Å². The molecule has 4 nitrogen and oxygen atoms in total. The van der Waals surface area contributed by atoms with E-state index >= 15 is 0 Å². The highest BCUT2D eigenvalue weighted by molar-refractivity contribution is 5.85. The van der Waals surface area contributed by atoms with Crippen molar-refractivity contribution in [2.75, 3.05) is 27.3 Å². The summed E-state index contributed by atoms with van der Waals surface area (Å²) in [5, 5.41) is 0. The van der Waals surface area contributed by atoms with Crippen molar-refractivity contribution in [2.45, 2.75) is 26.3 Å². The molecule has 0 aliphatic carbocycles. The first-order valence-electron chi connectivity index (χ1n) is 5.00. The lowest BCUT2D eigenvalue weighted by atomic mass is 10.0. The van der Waals surface area contributed by atoms with Gasteiger partial charge in [0, 0.05) is 33.4 Å². The highest BCUT2D eigenvalue weighted by Crippen LogP contribution is 2.04. The van der Waals surface area contributed by atoms with E-state index in [0.29, 0.717) is 6.61 Å². The Hall–Kier alpha value is -0.320. The lowest BCUT2D eigenvalue weighted by Crippen LogP contribution is -2.40. The Labute approximate surface area is 98.6 Å². The maximum Gasteiger partial charge on any atom is 0.226 e. The van der Waals surface area contributed by atoms with Crippen LogP contribution in [0.4, 0.5) is 0 Å². The number of nitrogens with zero attached hydrogens (tertiary/aromatic N) is 1. The number of rotatable bonds is 6. The third kappa shape index (κ3) is 6.71. The minimum atomic E-state index is -0.109. The molecule has 0 bridgehead atoms. The summed E-state index contributed by atoms with van der Waals surface area (Å²) in [4.78, 5) is 13.4. The first-order valence-corrected chi connectivity index (χ1v) is 5.00. The van der Waals surface area contributed by atoms with Gasteiger partial charge < -0.3 is 15.4 Å². The lowest BCUT2D eigenvalue weighted by molar-refractivity contribution is -0.134. The van der Waals surface area contributed by atoms with E-state index in [4.69, 9.17) is 10.5 Å². The Morgan fingerprint density at radius 2 is 2.00 bits per heavy atom. The molecule has 0 radical (unpaired) electrons. The number of hydrogen-bond acceptors (Lipinski definition) is 3. The number of ether oxygens (including phenoxy) is 1. The van der Waals surface area contributed by atoms with Crippen molar-refractivity contribution in [3.05, 3.63) is 0 Å². The molecule has 0 saturated carbocycles. The Kier molecular flexibility index (Phi) is 10.2. The van der Waals surface area contributed by atoms with Gasteiger partial charge in [-0.3, -0.25) is 4.79 Å². The molecule has 0 fully saturated rings. The van der Waals surface area contributed by atoms with Gasteiger partial charge in [-0.1, -0.05) is 6.92 Å². The summed E-state index contributed by atoms with van der Waals surface area (Å²) in [5.41, 5.74) is 5.66. The van der Waals surface area contributed by atoms with Gasteiger partial charge in [0.25, 0.3) is 0 Å². The number of carbonyl (C=O) groups is 1. The second-order valence-corrected chi connectivity index (χ2v) is 3.75. The third-order valence-corrected chi connectivity index (χ3v) is 2.40. The van der Waals surface area contributed by atoms with E-state index in [2.05, 4.69) is 0 Å². The second-order valence-electron chi connectivity index (χ2n) is 3.75. The number of nitrogens with two attached hydrogens (primary N) is 1. The van der Waals surface area contributed by atoms with E-state index in [1.807, 2.05) is 13.8 Å². The fourth-order valence-electron chi connectivity index (χ4n) is 1.13. The van der Waals surface area contributed by atoms with Gasteiger partial charge >= 0.3 is 0 Å². The average Bonchev–Trinajstić information content (AvgIpc) is 2.15. The summed E-state index contributed by atoms with van der Waals surface area (Å²) >= 11 is 0. The van der Waals surface area contributed by atoms with Crippen LogP contribution in [0.25, 0.3) is 0 Å². The molecule has 1 amide bonds. The van der Waals surface area contributed by atoms with Crippen LogP contribution in [0.1, 0.15) is 20.3 Å². The molecule has 0 aromatic rings. The predicted molar refractivity (Wildman–Crippen MR) is 64.2 cm³/mol. The fraction of sp³-hybridized carbons (Fsp3) is 0.900. The summed E-state index contributed by atoms with van der Waals surface area (Å²) in [5.74, 6) is -0.00125. The molecule has 2 atom stereocenters. The van der Waals surface area contributed by atoms with E-state index in [-0.39, 0.29) is 30.3 Å². The van der Waals surface area contributed by atoms with Crippen LogP contribution in [0.15, 0.2) is 0 Å². The van der Waals surface area contributed by atoms with Crippen LogP contribution < -0.4 is 5.73 Å². The molecule has 0 heterocycles. The van der Waals surface area contributed by atoms with Gasteiger partial charge in [0.15, 0.2) is 0 Å². The first kappa shape index (κ1) is 17.1. The van der Waals surface area contributed by atoms with Crippen LogP contribution in [0.5, 0.6) is 0 Å². The zero-order valence-corrected chi connectivity index (χ0v) is 10.8. The second kappa shape index (κ2) is 8.95. The van der Waals surface area contributed by atoms with Gasteiger partial charge in [0.2, 0.25) is 5.91 Å². The van der Waals surface area contributed by atoms with Crippen molar-refractivity contribution in [3.63, 3.8) is 0 Å². The summed E-state index contributed by atoms with van der Waals surface area (Å²) in [6, 6.07) is -0.0904. The van der Waals surface area contributed by atoms with E-state index in [9.17, 15) is 4.79 Å². The minimum absolute atomic E-state index is 0. The van der Waals surface area contributed by atoms with E-state index < -0.39 is 0 Å². The van der Waals surface area contributed by atoms with E-state index in [1.54, 1.807) is 19.1 Å². The molecule has 0 aliphatic rings. The normalized spacial score (nSPS) is 13.9. The molecule has 0 spiro atoms. The lowest BCUT2D eigenvalue weighted by Gasteiger charge is -2.23. The summed E-state index contributed by atoms with van der Waals surface area (Å²) < 4.78 is 4.92. The number of hydrogen-bond donors (Lipinski definition) is 1. The average molecular weight is 239 g/mol. The molecule has 0 aromatic heterocycles. The largest absolute Gasteiger partial charge is 0.385 e. The zero-order chi connectivity index (χ0) is 11.1. The molecule has 15 heavy (non-hydrogen) atoms. The van der Waals surface area contributed by atoms with Crippen molar-refractivity contribution in [1.82, 2.24) is 4.90 Å². The fourth-order valence-corrected chi connectivity index (χ4v) is 1.13. The standard InChI is InChI=1S/C10H22N2O2.ClH/c1-8(9(2)11)10(13)12(3)6-5-7-14-4;/h8-9H,5-7,11H2,1-4H3;1H. The maximum atomic E-state index is 11.7. The molecule has 2 N–H and O–H groups in total. The van der Waals surface area contributed by atoms with Crippen molar-refractivity contribution in [1.29, 1.82) is 0 Å². The van der Waals surface area contributed by atoms with E-state index in [0.717, 1.165) is 13.0 Å². The van der Waals surface area contributed by atoms with Gasteiger partial charge in [-0.15, -0.1) is 12.4 Å². The van der Waals surface area contributed by atoms with Crippen molar-refractivity contribution < 1.29 is 9.53 Å². The molecule has 92 valence electrons. The molecule has 2 unspecified atom stereocenters. The van der Waals surface area contributed by atoms with Gasteiger partial charge in [-0.2, -0.15) is 0 Å². The summed E-state index contributed by atoms with van der Waals surface area (Å²) in [7, 11) is 3.46. The Morgan fingerprint density at radius 3 is 2.40 bits per heavy atom. The summed E-state index contributed by atoms with van der Waals surface area (Å²) in [6.07, 6.45) is 0.865. The smallest absolute Gasteiger partial charge is 0.226 e. The van der Waals surface area contributed by atoms with Crippen LogP contribution in [0, 0.1) is 5.92 Å². The predicted octanol–water partition coefficient (Wildman–Crippen LogP) is 0.886. The van der Waals surface area contributed by atoms with Crippen LogP contribution in [0.2, 0.25) is 0 Å². The first-order chi connectivity index (χ1) is 6.50. The minimum Gasteiger partial charge on any atom is -0.385 e. The molecule has 0 saturated heterocycles. The van der Waals surface area contributed by atoms with Crippen LogP contribution in [-0.2, 0) is 9.53 Å². The number of halogens is 1. The molecule has 0 aromatic carbocycles. The Morgan fingerprint density at radius 1 is 1.47 bits per heavy atom. The topological polar surface area (TPSA) is 55.6 Å².